The summed E-state index contributed by atoms with van der Waals surface area (Å²) in [7, 11) is 0. The fourth-order valence-electron chi connectivity index (χ4n) is 2.04. The SMILES string of the molecule is Oc1cc(Cl)c(Cl)cc1-c1nc2ccc(C(F)(F)F)cc2[nH]1. The van der Waals surface area contributed by atoms with Crippen molar-refractivity contribution in [3.8, 4) is 17.1 Å². The Bertz CT molecular complexity index is 874. The van der Waals surface area contributed by atoms with Gasteiger partial charge in [0.15, 0.2) is 0 Å². The molecule has 3 rings (SSSR count). The van der Waals surface area contributed by atoms with Gasteiger partial charge < -0.3 is 10.1 Å². The van der Waals surface area contributed by atoms with Crippen LogP contribution in [0.15, 0.2) is 30.3 Å². The smallest absolute Gasteiger partial charge is 0.416 e. The number of halogens is 5. The first kappa shape index (κ1) is 15.0. The van der Waals surface area contributed by atoms with Gasteiger partial charge in [-0.25, -0.2) is 4.98 Å². The Morgan fingerprint density at radius 2 is 1.73 bits per heavy atom. The number of H-pyrrole nitrogens is 1. The molecule has 1 aromatic heterocycles. The second-order valence-corrected chi connectivity index (χ2v) is 5.41. The third-order valence-electron chi connectivity index (χ3n) is 3.10. The average Bonchev–Trinajstić information content (AvgIpc) is 2.84. The Hall–Kier alpha value is -1.92. The van der Waals surface area contributed by atoms with E-state index in [0.29, 0.717) is 5.52 Å². The van der Waals surface area contributed by atoms with Crippen molar-refractivity contribution in [2.75, 3.05) is 0 Å². The summed E-state index contributed by atoms with van der Waals surface area (Å²) in [6.07, 6.45) is -4.44. The lowest BCUT2D eigenvalue weighted by molar-refractivity contribution is -0.137. The lowest BCUT2D eigenvalue weighted by atomic mass is 10.2. The molecule has 1 heterocycles. The maximum Gasteiger partial charge on any atom is 0.416 e. The lowest BCUT2D eigenvalue weighted by Gasteiger charge is -2.05. The van der Waals surface area contributed by atoms with Crippen LogP contribution >= 0.6 is 23.2 Å². The van der Waals surface area contributed by atoms with Crippen molar-refractivity contribution in [3.63, 3.8) is 0 Å². The molecule has 3 aromatic rings. The van der Waals surface area contributed by atoms with E-state index in [1.807, 2.05) is 0 Å². The number of phenolic OH excluding ortho intramolecular Hbond substituents is 1. The van der Waals surface area contributed by atoms with Gasteiger partial charge in [-0.1, -0.05) is 23.2 Å². The van der Waals surface area contributed by atoms with Crippen molar-refractivity contribution in [1.82, 2.24) is 9.97 Å². The highest BCUT2D eigenvalue weighted by atomic mass is 35.5. The second-order valence-electron chi connectivity index (χ2n) is 4.60. The normalized spacial score (nSPS) is 12.0. The van der Waals surface area contributed by atoms with Gasteiger partial charge in [-0.3, -0.25) is 0 Å². The number of nitrogens with zero attached hydrogens (tertiary/aromatic N) is 1. The van der Waals surface area contributed by atoms with Crippen LogP contribution < -0.4 is 0 Å². The maximum absolute atomic E-state index is 12.7. The van der Waals surface area contributed by atoms with E-state index in [0.717, 1.165) is 12.1 Å². The molecule has 114 valence electrons. The Morgan fingerprint density at radius 1 is 1.05 bits per heavy atom. The van der Waals surface area contributed by atoms with Crippen molar-refractivity contribution in [1.29, 1.82) is 0 Å². The van der Waals surface area contributed by atoms with Crippen LogP contribution in [0.1, 0.15) is 5.56 Å². The first-order chi connectivity index (χ1) is 10.3. The molecule has 0 spiro atoms. The first-order valence-corrected chi connectivity index (χ1v) is 6.76. The quantitative estimate of drug-likeness (QED) is 0.631. The van der Waals surface area contributed by atoms with E-state index >= 15 is 0 Å². The monoisotopic (exact) mass is 346 g/mol. The zero-order chi connectivity index (χ0) is 16.1. The number of aromatic hydroxyl groups is 1. The van der Waals surface area contributed by atoms with E-state index in [1.54, 1.807) is 0 Å². The summed E-state index contributed by atoms with van der Waals surface area (Å²) in [6.45, 7) is 0. The van der Waals surface area contributed by atoms with Crippen molar-refractivity contribution in [3.05, 3.63) is 45.9 Å². The first-order valence-electron chi connectivity index (χ1n) is 6.01. The molecule has 0 saturated heterocycles. The van der Waals surface area contributed by atoms with E-state index in [-0.39, 0.29) is 32.7 Å². The molecular formula is C14H7Cl2F3N2O. The number of aromatic amines is 1. The zero-order valence-electron chi connectivity index (χ0n) is 10.7. The van der Waals surface area contributed by atoms with Gasteiger partial charge in [0, 0.05) is 6.07 Å². The van der Waals surface area contributed by atoms with Gasteiger partial charge in [-0.15, -0.1) is 0 Å². The molecule has 22 heavy (non-hydrogen) atoms. The van der Waals surface area contributed by atoms with Crippen LogP contribution in [-0.4, -0.2) is 15.1 Å². The Balaban J connectivity index is 2.15. The van der Waals surface area contributed by atoms with Gasteiger partial charge in [0.25, 0.3) is 0 Å². The molecule has 0 radical (unpaired) electrons. The molecule has 0 bridgehead atoms. The fourth-order valence-corrected chi connectivity index (χ4v) is 2.36. The van der Waals surface area contributed by atoms with Crippen LogP contribution in [-0.2, 0) is 6.18 Å². The Morgan fingerprint density at radius 3 is 2.41 bits per heavy atom. The summed E-state index contributed by atoms with van der Waals surface area (Å²) < 4.78 is 38.1. The molecular weight excluding hydrogens is 340 g/mol. The highest BCUT2D eigenvalue weighted by Crippen LogP contribution is 2.36. The minimum absolute atomic E-state index is 0.165. The summed E-state index contributed by atoms with van der Waals surface area (Å²) >= 11 is 11.7. The molecule has 0 amide bonds. The van der Waals surface area contributed by atoms with Crippen molar-refractivity contribution >= 4 is 34.2 Å². The number of benzene rings is 2. The van der Waals surface area contributed by atoms with Crippen LogP contribution in [0.2, 0.25) is 10.0 Å². The molecule has 0 saturated carbocycles. The van der Waals surface area contributed by atoms with Crippen molar-refractivity contribution in [2.24, 2.45) is 0 Å². The predicted octanol–water partition coefficient (Wildman–Crippen LogP) is 5.26. The highest BCUT2D eigenvalue weighted by molar-refractivity contribution is 6.42. The number of hydrogen-bond acceptors (Lipinski definition) is 2. The fraction of sp³-hybridized carbons (Fsp3) is 0.0714. The highest BCUT2D eigenvalue weighted by Gasteiger charge is 2.30. The minimum Gasteiger partial charge on any atom is -0.507 e. The summed E-state index contributed by atoms with van der Waals surface area (Å²) in [5.41, 5.74) is 0.0106. The molecule has 0 fully saturated rings. The predicted molar refractivity (Wildman–Crippen MR) is 78.2 cm³/mol. The minimum atomic E-state index is -4.44. The van der Waals surface area contributed by atoms with E-state index in [1.165, 1.54) is 18.2 Å². The Labute approximate surface area is 132 Å². The van der Waals surface area contributed by atoms with Crippen LogP contribution in [0.4, 0.5) is 13.2 Å². The summed E-state index contributed by atoms with van der Waals surface area (Å²) in [5.74, 6) is 0.0230. The van der Waals surface area contributed by atoms with Gasteiger partial charge in [0.05, 0.1) is 32.2 Å². The summed E-state index contributed by atoms with van der Waals surface area (Å²) in [5, 5.41) is 10.3. The van der Waals surface area contributed by atoms with Gasteiger partial charge in [-0.05, 0) is 24.3 Å². The average molecular weight is 347 g/mol. The number of phenols is 1. The number of fused-ring (bicyclic) bond motifs is 1. The third kappa shape index (κ3) is 2.60. The van der Waals surface area contributed by atoms with Crippen LogP contribution in [0.5, 0.6) is 5.75 Å². The number of imidazole rings is 1. The number of rotatable bonds is 1. The number of hydrogen-bond donors (Lipinski definition) is 2. The number of alkyl halides is 3. The molecule has 0 atom stereocenters. The molecule has 0 aliphatic heterocycles. The number of aromatic nitrogens is 2. The van der Waals surface area contributed by atoms with E-state index in [2.05, 4.69) is 9.97 Å². The molecule has 3 nitrogen and oxygen atoms in total. The van der Waals surface area contributed by atoms with Gasteiger partial charge in [0.1, 0.15) is 11.6 Å². The zero-order valence-corrected chi connectivity index (χ0v) is 12.2. The third-order valence-corrected chi connectivity index (χ3v) is 3.83. The summed E-state index contributed by atoms with van der Waals surface area (Å²) in [4.78, 5) is 6.89. The molecule has 8 heteroatoms. The maximum atomic E-state index is 12.7. The van der Waals surface area contributed by atoms with E-state index in [4.69, 9.17) is 23.2 Å². The Kier molecular flexibility index (Phi) is 3.45. The topological polar surface area (TPSA) is 48.9 Å². The van der Waals surface area contributed by atoms with Crippen LogP contribution in [0, 0.1) is 0 Å². The van der Waals surface area contributed by atoms with Crippen molar-refractivity contribution < 1.29 is 18.3 Å². The van der Waals surface area contributed by atoms with Gasteiger partial charge in [-0.2, -0.15) is 13.2 Å². The van der Waals surface area contributed by atoms with Gasteiger partial charge in [0.2, 0.25) is 0 Å². The van der Waals surface area contributed by atoms with E-state index in [9.17, 15) is 18.3 Å². The standard InChI is InChI=1S/C14H7Cl2F3N2O/c15-8-4-7(12(22)5-9(8)16)13-20-10-2-1-6(14(17,18)19)3-11(10)21-13/h1-5,22H,(H,20,21). The lowest BCUT2D eigenvalue weighted by Crippen LogP contribution is -2.04. The van der Waals surface area contributed by atoms with Crippen molar-refractivity contribution in [2.45, 2.75) is 6.18 Å². The molecule has 0 aliphatic carbocycles. The molecule has 2 aromatic carbocycles. The second kappa shape index (κ2) is 5.07. The summed E-state index contributed by atoms with van der Waals surface area (Å²) in [6, 6.07) is 5.80. The van der Waals surface area contributed by atoms with Crippen LogP contribution in [0.25, 0.3) is 22.4 Å². The largest absolute Gasteiger partial charge is 0.507 e. The molecule has 0 aliphatic rings. The number of nitrogens with one attached hydrogen (secondary N) is 1. The molecule has 0 unspecified atom stereocenters. The van der Waals surface area contributed by atoms with Crippen LogP contribution in [0.3, 0.4) is 0 Å². The van der Waals surface area contributed by atoms with Gasteiger partial charge >= 0.3 is 6.18 Å². The molecule has 2 N–H and O–H groups in total. The van der Waals surface area contributed by atoms with E-state index < -0.39 is 11.7 Å².